The van der Waals surface area contributed by atoms with Crippen LogP contribution in [0.15, 0.2) is 17.5 Å². The summed E-state index contributed by atoms with van der Waals surface area (Å²) in [6.45, 7) is 4.67. The first-order valence-corrected chi connectivity index (χ1v) is 9.92. The molecule has 0 aliphatic carbocycles. The fraction of sp³-hybridized carbons (Fsp3) is 0.722. The Morgan fingerprint density at radius 3 is 2.79 bits per heavy atom. The Hall–Kier alpha value is -0.950. The minimum Gasteiger partial charge on any atom is -0.381 e. The molecule has 4 heterocycles. The molecule has 6 heteroatoms. The van der Waals surface area contributed by atoms with E-state index >= 15 is 0 Å². The van der Waals surface area contributed by atoms with Crippen molar-refractivity contribution < 1.29 is 14.3 Å². The van der Waals surface area contributed by atoms with Gasteiger partial charge < -0.3 is 14.8 Å². The molecule has 4 rings (SSSR count). The Balaban J connectivity index is 1.28. The van der Waals surface area contributed by atoms with Crippen molar-refractivity contribution in [3.05, 3.63) is 22.4 Å². The number of likely N-dealkylation sites (tertiary alicyclic amines) is 1. The van der Waals surface area contributed by atoms with Gasteiger partial charge in [-0.15, -0.1) is 11.3 Å². The van der Waals surface area contributed by atoms with Gasteiger partial charge in [0.25, 0.3) is 5.91 Å². The number of hydrogen-bond acceptors (Lipinski definition) is 5. The standard InChI is InChI=1S/C18H26N2O3S/c21-17(16-2-1-11-24-16)19-14-12-18(23-13-14)5-7-20(8-6-18)15-3-9-22-10-4-15/h1-2,11,14-15H,3-10,12-13H2,(H,19,21)/t14-/m0/s1. The predicted octanol–water partition coefficient (Wildman–Crippen LogP) is 2.28. The highest BCUT2D eigenvalue weighted by Gasteiger charge is 2.44. The van der Waals surface area contributed by atoms with Gasteiger partial charge in [0.15, 0.2) is 0 Å². The highest BCUT2D eigenvalue weighted by molar-refractivity contribution is 7.12. The molecule has 1 aromatic rings. The van der Waals surface area contributed by atoms with Crippen LogP contribution >= 0.6 is 11.3 Å². The van der Waals surface area contributed by atoms with Crippen LogP contribution in [0.1, 0.15) is 41.8 Å². The van der Waals surface area contributed by atoms with Gasteiger partial charge in [-0.2, -0.15) is 0 Å². The average molecular weight is 350 g/mol. The molecular weight excluding hydrogens is 324 g/mol. The summed E-state index contributed by atoms with van der Waals surface area (Å²) in [7, 11) is 0. The van der Waals surface area contributed by atoms with Gasteiger partial charge in [-0.05, 0) is 43.6 Å². The third-order valence-corrected chi connectivity index (χ3v) is 6.57. The molecule has 3 saturated heterocycles. The third kappa shape index (κ3) is 3.52. The van der Waals surface area contributed by atoms with Crippen LogP contribution in [0.25, 0.3) is 0 Å². The summed E-state index contributed by atoms with van der Waals surface area (Å²) < 4.78 is 11.7. The molecule has 0 unspecified atom stereocenters. The van der Waals surface area contributed by atoms with E-state index in [0.717, 1.165) is 63.3 Å². The number of ether oxygens (including phenoxy) is 2. The Morgan fingerprint density at radius 2 is 2.08 bits per heavy atom. The molecule has 24 heavy (non-hydrogen) atoms. The lowest BCUT2D eigenvalue weighted by Gasteiger charge is -2.43. The van der Waals surface area contributed by atoms with Crippen molar-refractivity contribution in [2.45, 2.75) is 49.8 Å². The normalized spacial score (nSPS) is 28.2. The monoisotopic (exact) mass is 350 g/mol. The zero-order valence-corrected chi connectivity index (χ0v) is 14.9. The summed E-state index contributed by atoms with van der Waals surface area (Å²) in [6, 6.07) is 4.62. The van der Waals surface area contributed by atoms with E-state index in [1.807, 2.05) is 17.5 Å². The number of nitrogens with one attached hydrogen (secondary N) is 1. The van der Waals surface area contributed by atoms with E-state index in [-0.39, 0.29) is 17.6 Å². The van der Waals surface area contributed by atoms with Crippen molar-refractivity contribution >= 4 is 17.2 Å². The van der Waals surface area contributed by atoms with Crippen molar-refractivity contribution in [3.8, 4) is 0 Å². The quantitative estimate of drug-likeness (QED) is 0.909. The lowest BCUT2D eigenvalue weighted by Crippen LogP contribution is -2.49. The van der Waals surface area contributed by atoms with Gasteiger partial charge >= 0.3 is 0 Å². The first kappa shape index (κ1) is 16.5. The number of nitrogens with zero attached hydrogens (tertiary/aromatic N) is 1. The molecule has 5 nitrogen and oxygen atoms in total. The van der Waals surface area contributed by atoms with Crippen LogP contribution in [-0.4, -0.2) is 61.4 Å². The van der Waals surface area contributed by atoms with Gasteiger partial charge in [0.2, 0.25) is 0 Å². The number of carbonyl (C=O) groups excluding carboxylic acids is 1. The molecule has 1 amide bonds. The van der Waals surface area contributed by atoms with E-state index in [2.05, 4.69) is 10.2 Å². The van der Waals surface area contributed by atoms with Crippen molar-refractivity contribution in [1.82, 2.24) is 10.2 Å². The lowest BCUT2D eigenvalue weighted by molar-refractivity contribution is -0.0613. The summed E-state index contributed by atoms with van der Waals surface area (Å²) in [5, 5.41) is 5.08. The zero-order chi connectivity index (χ0) is 16.4. The zero-order valence-electron chi connectivity index (χ0n) is 14.0. The van der Waals surface area contributed by atoms with Crippen LogP contribution in [0.2, 0.25) is 0 Å². The highest BCUT2D eigenvalue weighted by Crippen LogP contribution is 2.37. The minimum absolute atomic E-state index is 0.0188. The molecule has 132 valence electrons. The van der Waals surface area contributed by atoms with Crippen LogP contribution in [0.5, 0.6) is 0 Å². The van der Waals surface area contributed by atoms with E-state index in [9.17, 15) is 4.79 Å². The van der Waals surface area contributed by atoms with Crippen LogP contribution in [0.4, 0.5) is 0 Å². The first-order chi connectivity index (χ1) is 11.7. The number of rotatable bonds is 3. The van der Waals surface area contributed by atoms with E-state index in [0.29, 0.717) is 12.6 Å². The first-order valence-electron chi connectivity index (χ1n) is 9.04. The van der Waals surface area contributed by atoms with Gasteiger partial charge in [0, 0.05) is 32.3 Å². The molecular formula is C18H26N2O3S. The summed E-state index contributed by atoms with van der Waals surface area (Å²) in [5.74, 6) is 0.0373. The fourth-order valence-electron chi connectivity index (χ4n) is 4.30. The lowest BCUT2D eigenvalue weighted by atomic mass is 9.86. The Labute approximate surface area is 147 Å². The minimum atomic E-state index is -0.0188. The molecule has 0 bridgehead atoms. The summed E-state index contributed by atoms with van der Waals surface area (Å²) in [5.41, 5.74) is -0.0188. The van der Waals surface area contributed by atoms with Gasteiger partial charge in [0.05, 0.1) is 23.1 Å². The SMILES string of the molecule is O=C(N[C@@H]1COC2(CCN(C3CCOCC3)CC2)C1)c1cccs1. The molecule has 1 atom stereocenters. The van der Waals surface area contributed by atoms with Gasteiger partial charge in [-0.25, -0.2) is 0 Å². The second kappa shape index (κ2) is 7.12. The van der Waals surface area contributed by atoms with Gasteiger partial charge in [0.1, 0.15) is 0 Å². The largest absolute Gasteiger partial charge is 0.381 e. The molecule has 1 aromatic heterocycles. The smallest absolute Gasteiger partial charge is 0.261 e. The number of carbonyl (C=O) groups is 1. The number of hydrogen-bond donors (Lipinski definition) is 1. The van der Waals surface area contributed by atoms with Crippen LogP contribution in [0, 0.1) is 0 Å². The molecule has 0 aromatic carbocycles. The van der Waals surface area contributed by atoms with Crippen molar-refractivity contribution in [3.63, 3.8) is 0 Å². The molecule has 3 aliphatic rings. The average Bonchev–Trinajstić information content (AvgIpc) is 3.27. The van der Waals surface area contributed by atoms with Gasteiger partial charge in [-0.1, -0.05) is 6.07 Å². The summed E-state index contributed by atoms with van der Waals surface area (Å²) in [4.78, 5) is 15.6. The molecule has 3 fully saturated rings. The highest BCUT2D eigenvalue weighted by atomic mass is 32.1. The Kier molecular flexibility index (Phi) is 4.90. The summed E-state index contributed by atoms with van der Waals surface area (Å²) >= 11 is 1.49. The third-order valence-electron chi connectivity index (χ3n) is 5.71. The molecule has 1 N–H and O–H groups in total. The molecule has 3 aliphatic heterocycles. The fourth-order valence-corrected chi connectivity index (χ4v) is 4.92. The number of piperidine rings is 1. The molecule has 1 spiro atoms. The second-order valence-corrected chi connectivity index (χ2v) is 8.17. The van der Waals surface area contributed by atoms with E-state index < -0.39 is 0 Å². The maximum atomic E-state index is 12.2. The van der Waals surface area contributed by atoms with Crippen LogP contribution in [0.3, 0.4) is 0 Å². The molecule has 0 saturated carbocycles. The van der Waals surface area contributed by atoms with Crippen molar-refractivity contribution in [1.29, 1.82) is 0 Å². The topological polar surface area (TPSA) is 50.8 Å². The van der Waals surface area contributed by atoms with Crippen molar-refractivity contribution in [2.75, 3.05) is 32.9 Å². The van der Waals surface area contributed by atoms with Crippen molar-refractivity contribution in [2.24, 2.45) is 0 Å². The Morgan fingerprint density at radius 1 is 1.29 bits per heavy atom. The van der Waals surface area contributed by atoms with Crippen LogP contribution < -0.4 is 5.32 Å². The van der Waals surface area contributed by atoms with E-state index in [4.69, 9.17) is 9.47 Å². The number of amides is 1. The van der Waals surface area contributed by atoms with E-state index in [1.54, 1.807) is 0 Å². The predicted molar refractivity (Wildman–Crippen MR) is 93.5 cm³/mol. The second-order valence-electron chi connectivity index (χ2n) is 7.23. The molecule has 0 radical (unpaired) electrons. The maximum Gasteiger partial charge on any atom is 0.261 e. The number of thiophene rings is 1. The maximum absolute atomic E-state index is 12.2. The van der Waals surface area contributed by atoms with Crippen LogP contribution in [-0.2, 0) is 9.47 Å². The Bertz CT molecular complexity index is 549. The van der Waals surface area contributed by atoms with Gasteiger partial charge in [-0.3, -0.25) is 9.69 Å². The van der Waals surface area contributed by atoms with E-state index in [1.165, 1.54) is 11.3 Å². The summed E-state index contributed by atoms with van der Waals surface area (Å²) in [6.07, 6.45) is 5.43.